The van der Waals surface area contributed by atoms with Crippen molar-refractivity contribution in [3.8, 4) is 49.4 Å². The van der Waals surface area contributed by atoms with E-state index < -0.39 is 34.7 Å². The van der Waals surface area contributed by atoms with Gasteiger partial charge in [0.05, 0.1) is 22.3 Å². The van der Waals surface area contributed by atoms with Crippen LogP contribution in [0.1, 0.15) is 114 Å². The first kappa shape index (κ1) is 37.5. The van der Waals surface area contributed by atoms with Gasteiger partial charge in [0.2, 0.25) is 0 Å². The quantitative estimate of drug-likeness (QED) is 0.151. The summed E-state index contributed by atoms with van der Waals surface area (Å²) in [5.41, 5.74) is 3.28. The van der Waals surface area contributed by atoms with Gasteiger partial charge in [0.1, 0.15) is 0 Å². The molecule has 0 atom stereocenters. The third-order valence-corrected chi connectivity index (χ3v) is 8.33. The molecule has 0 saturated carbocycles. The van der Waals surface area contributed by atoms with E-state index in [1.807, 2.05) is 27.7 Å². The van der Waals surface area contributed by atoms with Crippen molar-refractivity contribution in [3.05, 3.63) is 140 Å². The third kappa shape index (κ3) is 7.92. The highest BCUT2D eigenvalue weighted by atomic mass is 16.4. The zero-order chi connectivity index (χ0) is 37.6. The highest BCUT2D eigenvalue weighted by molar-refractivity contribution is 5.90. The molecular formula is C42H32O8. The van der Waals surface area contributed by atoms with E-state index in [-0.39, 0.29) is 22.3 Å². The van der Waals surface area contributed by atoms with E-state index in [0.29, 0.717) is 44.5 Å². The summed E-state index contributed by atoms with van der Waals surface area (Å²) in [5.74, 6) is 5.69. The second-order valence-electron chi connectivity index (χ2n) is 12.2. The average molecular weight is 665 g/mol. The summed E-state index contributed by atoms with van der Waals surface area (Å²) in [6.07, 6.45) is 22.0. The molecular weight excluding hydrogens is 632 g/mol. The second kappa shape index (κ2) is 14.8. The van der Waals surface area contributed by atoms with Gasteiger partial charge in [-0.3, -0.25) is 0 Å². The Morgan fingerprint density at radius 2 is 0.800 bits per heavy atom. The van der Waals surface area contributed by atoms with Crippen molar-refractivity contribution in [1.29, 1.82) is 0 Å². The molecule has 0 unspecified atom stereocenters. The summed E-state index contributed by atoms with van der Waals surface area (Å²) in [4.78, 5) is 45.4. The van der Waals surface area contributed by atoms with Gasteiger partial charge in [0, 0.05) is 33.1 Å². The number of carbonyl (C=O) groups is 4. The van der Waals surface area contributed by atoms with Crippen LogP contribution in [0.15, 0.2) is 72.8 Å². The zero-order valence-electron chi connectivity index (χ0n) is 27.7. The van der Waals surface area contributed by atoms with Crippen molar-refractivity contribution in [2.45, 2.75) is 38.5 Å². The van der Waals surface area contributed by atoms with Crippen LogP contribution in [0.5, 0.6) is 0 Å². The van der Waals surface area contributed by atoms with Crippen LogP contribution in [0.2, 0.25) is 0 Å². The van der Waals surface area contributed by atoms with Crippen molar-refractivity contribution in [2.75, 3.05) is 0 Å². The molecule has 0 aliphatic heterocycles. The van der Waals surface area contributed by atoms with Crippen molar-refractivity contribution < 1.29 is 39.6 Å². The first-order valence-corrected chi connectivity index (χ1v) is 14.8. The fraction of sp³-hybridized carbons (Fsp3) is 0.143. The molecule has 0 heterocycles. The Labute approximate surface area is 290 Å². The first-order chi connectivity index (χ1) is 23.4. The monoisotopic (exact) mass is 664 g/mol. The van der Waals surface area contributed by atoms with E-state index in [0.717, 1.165) is 0 Å². The molecule has 0 amide bonds. The van der Waals surface area contributed by atoms with E-state index in [2.05, 4.69) is 23.7 Å². The van der Waals surface area contributed by atoms with E-state index in [1.165, 1.54) is 48.5 Å². The van der Waals surface area contributed by atoms with Gasteiger partial charge in [-0.25, -0.2) is 19.2 Å². The standard InChI is InChI=1S/2C21H16O4/c1-5-13-7-15(19(22)23)11-17(9-13)21(3,4)18-10-14(6-2)8-16(12-18)20(24)25;1-5-13-7-9-15(19(22)23)11-17(13)21(3,4)18-12-16(20(24)25)10-8-14(18)6-2/h2*1-2,7-12H,3-4H3,(H,22,23)(H,24,25). The minimum absolute atomic E-state index is 0.0742. The van der Waals surface area contributed by atoms with Gasteiger partial charge in [-0.1, -0.05) is 51.4 Å². The van der Waals surface area contributed by atoms with Crippen LogP contribution in [0.4, 0.5) is 0 Å². The van der Waals surface area contributed by atoms with Crippen LogP contribution in [0, 0.1) is 49.4 Å². The molecule has 248 valence electrons. The highest BCUT2D eigenvalue weighted by Crippen LogP contribution is 2.37. The molecule has 0 bridgehead atoms. The van der Waals surface area contributed by atoms with Gasteiger partial charge in [0.15, 0.2) is 0 Å². The predicted molar refractivity (Wildman–Crippen MR) is 190 cm³/mol. The predicted octanol–water partition coefficient (Wildman–Crippen LogP) is 6.74. The fourth-order valence-corrected chi connectivity index (χ4v) is 5.34. The number of rotatable bonds is 8. The summed E-state index contributed by atoms with van der Waals surface area (Å²) < 4.78 is 0. The average Bonchev–Trinajstić information content (AvgIpc) is 3.10. The maximum atomic E-state index is 11.4. The highest BCUT2D eigenvalue weighted by Gasteiger charge is 2.30. The molecule has 50 heavy (non-hydrogen) atoms. The lowest BCUT2D eigenvalue weighted by molar-refractivity contribution is 0.0685. The molecule has 0 aliphatic carbocycles. The van der Waals surface area contributed by atoms with Crippen LogP contribution in [0.3, 0.4) is 0 Å². The largest absolute Gasteiger partial charge is 0.478 e. The van der Waals surface area contributed by atoms with Crippen LogP contribution in [-0.2, 0) is 10.8 Å². The minimum Gasteiger partial charge on any atom is -0.478 e. The lowest BCUT2D eigenvalue weighted by Crippen LogP contribution is -2.23. The van der Waals surface area contributed by atoms with E-state index in [4.69, 9.17) is 25.7 Å². The van der Waals surface area contributed by atoms with Crippen LogP contribution in [-0.4, -0.2) is 44.3 Å². The Morgan fingerprint density at radius 3 is 1.08 bits per heavy atom. The molecule has 4 aromatic carbocycles. The van der Waals surface area contributed by atoms with Crippen molar-refractivity contribution in [2.24, 2.45) is 0 Å². The maximum Gasteiger partial charge on any atom is 0.335 e. The molecule has 4 N–H and O–H groups in total. The van der Waals surface area contributed by atoms with Crippen molar-refractivity contribution in [3.63, 3.8) is 0 Å². The number of carboxylic acids is 4. The Bertz CT molecular complexity index is 2070. The zero-order valence-corrected chi connectivity index (χ0v) is 27.7. The molecule has 0 aromatic heterocycles. The summed E-state index contributed by atoms with van der Waals surface area (Å²) in [6, 6.07) is 18.4. The number of terminal acetylenes is 4. The molecule has 4 rings (SSSR count). The number of aromatic carboxylic acids is 4. The van der Waals surface area contributed by atoms with Crippen LogP contribution < -0.4 is 0 Å². The summed E-state index contributed by atoms with van der Waals surface area (Å²) in [5, 5.41) is 37.1. The molecule has 0 radical (unpaired) electrons. The SMILES string of the molecule is C#Cc1cc(C(=O)O)cc(C(C)(C)c2cc(C#C)cc(C(=O)O)c2)c1.C#Cc1ccc(C(=O)O)cc1C(C)(C)c1cc(C(=O)O)ccc1C#C. The third-order valence-electron chi connectivity index (χ3n) is 8.33. The van der Waals surface area contributed by atoms with E-state index in [9.17, 15) is 39.6 Å². The first-order valence-electron chi connectivity index (χ1n) is 14.8. The van der Waals surface area contributed by atoms with Crippen molar-refractivity contribution >= 4 is 23.9 Å². The Hall–Kier alpha value is -7.00. The normalized spacial score (nSPS) is 10.6. The van der Waals surface area contributed by atoms with Gasteiger partial charge in [-0.2, -0.15) is 0 Å². The molecule has 0 fully saturated rings. The Kier molecular flexibility index (Phi) is 11.1. The molecule has 0 spiro atoms. The molecule has 0 saturated heterocycles. The molecule has 8 heteroatoms. The van der Waals surface area contributed by atoms with Crippen LogP contribution in [0.25, 0.3) is 0 Å². The minimum atomic E-state index is -1.09. The Balaban J connectivity index is 0.000000270. The van der Waals surface area contributed by atoms with Gasteiger partial charge in [-0.05, 0) is 95.1 Å². The lowest BCUT2D eigenvalue weighted by Gasteiger charge is -2.29. The Morgan fingerprint density at radius 1 is 0.460 bits per heavy atom. The summed E-state index contributed by atoms with van der Waals surface area (Å²) >= 11 is 0. The fourth-order valence-electron chi connectivity index (χ4n) is 5.34. The second-order valence-corrected chi connectivity index (χ2v) is 12.2. The number of hydrogen-bond acceptors (Lipinski definition) is 4. The smallest absolute Gasteiger partial charge is 0.335 e. The lowest BCUT2D eigenvalue weighted by atomic mass is 9.73. The number of hydrogen-bond donors (Lipinski definition) is 4. The van der Waals surface area contributed by atoms with Gasteiger partial charge in [-0.15, -0.1) is 25.7 Å². The number of benzene rings is 4. The topological polar surface area (TPSA) is 149 Å². The van der Waals surface area contributed by atoms with E-state index >= 15 is 0 Å². The summed E-state index contributed by atoms with van der Waals surface area (Å²) in [6.45, 7) is 7.37. The number of carboxylic acid groups (broad SMARTS) is 4. The molecule has 4 aromatic rings. The molecule has 8 nitrogen and oxygen atoms in total. The van der Waals surface area contributed by atoms with E-state index in [1.54, 1.807) is 24.3 Å². The van der Waals surface area contributed by atoms with Crippen LogP contribution >= 0.6 is 0 Å². The molecule has 0 aliphatic rings. The van der Waals surface area contributed by atoms with Gasteiger partial charge in [0.25, 0.3) is 0 Å². The van der Waals surface area contributed by atoms with Crippen molar-refractivity contribution in [1.82, 2.24) is 0 Å². The maximum absolute atomic E-state index is 11.4. The van der Waals surface area contributed by atoms with Gasteiger partial charge >= 0.3 is 23.9 Å². The summed E-state index contributed by atoms with van der Waals surface area (Å²) in [7, 11) is 0. The van der Waals surface area contributed by atoms with Gasteiger partial charge < -0.3 is 20.4 Å².